The Morgan fingerprint density at radius 3 is 2.17 bits per heavy atom. The van der Waals surface area contributed by atoms with Crippen LogP contribution in [0.2, 0.25) is 0 Å². The number of hydrogen-bond acceptors (Lipinski definition) is 1. The van der Waals surface area contributed by atoms with Crippen LogP contribution in [0, 0.1) is 0 Å². The van der Waals surface area contributed by atoms with Crippen LogP contribution in [0.5, 0.6) is 0 Å². The summed E-state index contributed by atoms with van der Waals surface area (Å²) in [6, 6.07) is 0. The van der Waals surface area contributed by atoms with E-state index in [1.165, 1.54) is 0 Å². The van der Waals surface area contributed by atoms with Crippen LogP contribution < -0.4 is 0 Å². The first-order chi connectivity index (χ1) is 5.45. The summed E-state index contributed by atoms with van der Waals surface area (Å²) in [4.78, 5) is 0. The van der Waals surface area contributed by atoms with E-state index in [-0.39, 0.29) is 0 Å². The average Bonchev–Trinajstić information content (AvgIpc) is 1.95. The molecule has 1 atom stereocenters. The quantitative estimate of drug-likeness (QED) is 0.465. The fraction of sp³-hybridized carbons (Fsp3) is 1.00. The summed E-state index contributed by atoms with van der Waals surface area (Å²) in [7, 11) is 5.51. The van der Waals surface area contributed by atoms with Gasteiger partial charge in [-0.1, -0.05) is 17.9 Å². The predicted molar refractivity (Wildman–Crippen MR) is 55.1 cm³/mol. The highest BCUT2D eigenvalue weighted by atomic mass is 31.1. The number of unbranched alkanes of at least 4 members (excludes halogenated alkanes) is 1. The lowest BCUT2D eigenvalue weighted by Crippen LogP contribution is -2.36. The topological polar surface area (TPSA) is 17.1 Å². The molecule has 0 saturated carbocycles. The fourth-order valence-corrected chi connectivity index (χ4v) is 2.57. The van der Waals surface area contributed by atoms with E-state index in [2.05, 4.69) is 28.1 Å². The van der Waals surface area contributed by atoms with E-state index in [0.29, 0.717) is 0 Å². The zero-order valence-electron chi connectivity index (χ0n) is 8.84. The molecule has 1 unspecified atom stereocenters. The van der Waals surface area contributed by atoms with Crippen LogP contribution >= 0.6 is 7.80 Å². The standard InChI is InChI=1S/C9H22NOP/c1-5-6-8-12(11)9-7-10(2,3)4/h5-9H2,1-4H3/q+2. The molecular weight excluding hydrogens is 169 g/mol. The van der Waals surface area contributed by atoms with Gasteiger partial charge in [0.2, 0.25) is 0 Å². The van der Waals surface area contributed by atoms with E-state index in [9.17, 15) is 4.57 Å². The molecule has 0 N–H and O–H groups in total. The third kappa shape index (κ3) is 8.16. The van der Waals surface area contributed by atoms with Gasteiger partial charge in [0, 0.05) is 0 Å². The Bertz CT molecular complexity index is 140. The lowest BCUT2D eigenvalue weighted by molar-refractivity contribution is -0.867. The van der Waals surface area contributed by atoms with Crippen LogP contribution in [0.3, 0.4) is 0 Å². The molecule has 0 aliphatic carbocycles. The first kappa shape index (κ1) is 12.1. The monoisotopic (exact) mass is 191 g/mol. The molecule has 12 heavy (non-hydrogen) atoms. The van der Waals surface area contributed by atoms with E-state index in [4.69, 9.17) is 0 Å². The Kier molecular flexibility index (Phi) is 5.69. The van der Waals surface area contributed by atoms with Crippen molar-refractivity contribution in [3.63, 3.8) is 0 Å². The molecule has 0 aliphatic heterocycles. The second-order valence-corrected chi connectivity index (χ2v) is 6.15. The minimum atomic E-state index is -0.916. The molecule has 0 aromatic rings. The van der Waals surface area contributed by atoms with E-state index in [0.717, 1.165) is 36.2 Å². The molecule has 0 heterocycles. The maximum absolute atomic E-state index is 11.4. The maximum atomic E-state index is 11.4. The highest BCUT2D eigenvalue weighted by Crippen LogP contribution is 2.22. The van der Waals surface area contributed by atoms with Gasteiger partial charge in [-0.3, -0.25) is 0 Å². The first-order valence-electron chi connectivity index (χ1n) is 4.68. The highest BCUT2D eigenvalue weighted by Gasteiger charge is 2.18. The Balaban J connectivity index is 3.44. The molecule has 2 nitrogen and oxygen atoms in total. The summed E-state index contributed by atoms with van der Waals surface area (Å²) in [5, 5.41) is 0. The van der Waals surface area contributed by atoms with Crippen LogP contribution in [0.1, 0.15) is 19.8 Å². The highest BCUT2D eigenvalue weighted by molar-refractivity contribution is 7.44. The van der Waals surface area contributed by atoms with E-state index >= 15 is 0 Å². The largest absolute Gasteiger partial charge is 0.344 e. The molecule has 0 saturated heterocycles. The van der Waals surface area contributed by atoms with Crippen LogP contribution in [0.15, 0.2) is 0 Å². The molecule has 0 aliphatic rings. The molecular formula is C9H22NOP+2. The van der Waals surface area contributed by atoms with Gasteiger partial charge in [0.05, 0.1) is 21.1 Å². The third-order valence-corrected chi connectivity index (χ3v) is 3.30. The molecule has 0 radical (unpaired) electrons. The SMILES string of the molecule is CCCC[P+](=O)CC[N+](C)(C)C. The maximum Gasteiger partial charge on any atom is 0.344 e. The van der Waals surface area contributed by atoms with Gasteiger partial charge in [-0.25, -0.2) is 0 Å². The van der Waals surface area contributed by atoms with Gasteiger partial charge < -0.3 is 4.48 Å². The van der Waals surface area contributed by atoms with Crippen LogP contribution in [0.25, 0.3) is 0 Å². The van der Waals surface area contributed by atoms with Crippen LogP contribution in [-0.2, 0) is 4.57 Å². The second-order valence-electron chi connectivity index (χ2n) is 4.30. The molecule has 0 aromatic carbocycles. The van der Waals surface area contributed by atoms with Crippen molar-refractivity contribution in [1.82, 2.24) is 0 Å². The van der Waals surface area contributed by atoms with Crippen molar-refractivity contribution < 1.29 is 9.05 Å². The number of hydrogen-bond donors (Lipinski definition) is 0. The second kappa shape index (κ2) is 5.66. The van der Waals surface area contributed by atoms with Crippen LogP contribution in [-0.4, -0.2) is 44.5 Å². The Morgan fingerprint density at radius 2 is 1.75 bits per heavy atom. The van der Waals surface area contributed by atoms with Gasteiger partial charge in [-0.2, -0.15) is 0 Å². The summed E-state index contributed by atoms with van der Waals surface area (Å²) in [6.45, 7) is 3.17. The number of nitrogens with zero attached hydrogens (tertiary/aromatic N) is 1. The third-order valence-electron chi connectivity index (χ3n) is 1.78. The number of rotatable bonds is 6. The molecule has 0 fully saturated rings. The smallest absolute Gasteiger partial charge is 0.327 e. The van der Waals surface area contributed by atoms with Crippen molar-refractivity contribution in [3.8, 4) is 0 Å². The molecule has 0 aromatic heterocycles. The molecule has 0 rings (SSSR count). The zero-order valence-corrected chi connectivity index (χ0v) is 9.73. The van der Waals surface area contributed by atoms with Crippen molar-refractivity contribution in [3.05, 3.63) is 0 Å². The van der Waals surface area contributed by atoms with Crippen molar-refractivity contribution in [1.29, 1.82) is 0 Å². The van der Waals surface area contributed by atoms with Gasteiger partial charge >= 0.3 is 7.80 Å². The van der Waals surface area contributed by atoms with Gasteiger partial charge in [0.15, 0.2) is 6.16 Å². The Morgan fingerprint density at radius 1 is 1.17 bits per heavy atom. The minimum absolute atomic E-state index is 0.888. The zero-order chi connectivity index (χ0) is 9.61. The molecule has 0 spiro atoms. The lowest BCUT2D eigenvalue weighted by Gasteiger charge is -2.21. The molecule has 0 bridgehead atoms. The normalized spacial score (nSPS) is 13.2. The lowest BCUT2D eigenvalue weighted by atomic mass is 10.4. The van der Waals surface area contributed by atoms with E-state index < -0.39 is 7.80 Å². The Hall–Kier alpha value is 0.0600. The summed E-state index contributed by atoms with van der Waals surface area (Å²) in [5.41, 5.74) is 0. The molecule has 72 valence electrons. The average molecular weight is 191 g/mol. The molecule has 3 heteroatoms. The fourth-order valence-electron chi connectivity index (χ4n) is 0.858. The Labute approximate surface area is 77.3 Å². The van der Waals surface area contributed by atoms with Crippen molar-refractivity contribution in [2.75, 3.05) is 40.0 Å². The van der Waals surface area contributed by atoms with Crippen molar-refractivity contribution in [2.24, 2.45) is 0 Å². The molecule has 0 amide bonds. The van der Waals surface area contributed by atoms with E-state index in [1.807, 2.05) is 0 Å². The summed E-state index contributed by atoms with van der Waals surface area (Å²) in [5.74, 6) is 0. The minimum Gasteiger partial charge on any atom is -0.327 e. The summed E-state index contributed by atoms with van der Waals surface area (Å²) in [6.07, 6.45) is 4.09. The first-order valence-corrected chi connectivity index (χ1v) is 6.31. The van der Waals surface area contributed by atoms with Gasteiger partial charge in [-0.05, 0) is 6.42 Å². The van der Waals surface area contributed by atoms with Gasteiger partial charge in [0.25, 0.3) is 0 Å². The summed E-state index contributed by atoms with van der Waals surface area (Å²) < 4.78 is 12.3. The van der Waals surface area contributed by atoms with Crippen molar-refractivity contribution >= 4 is 7.80 Å². The number of quaternary nitrogens is 1. The van der Waals surface area contributed by atoms with Gasteiger partial charge in [-0.15, -0.1) is 0 Å². The van der Waals surface area contributed by atoms with Gasteiger partial charge in [0.1, 0.15) is 12.7 Å². The van der Waals surface area contributed by atoms with E-state index in [1.54, 1.807) is 0 Å². The van der Waals surface area contributed by atoms with Crippen LogP contribution in [0.4, 0.5) is 0 Å². The van der Waals surface area contributed by atoms with Crippen molar-refractivity contribution in [2.45, 2.75) is 19.8 Å². The predicted octanol–water partition coefficient (Wildman–Crippen LogP) is 2.32. The summed E-state index contributed by atoms with van der Waals surface area (Å²) >= 11 is 0.